The van der Waals surface area contributed by atoms with Gasteiger partial charge in [-0.15, -0.1) is 0 Å². The molecule has 4 rings (SSSR count). The first-order chi connectivity index (χ1) is 17.0. The molecule has 2 aromatic carbocycles. The molecule has 0 unspecified atom stereocenters. The fourth-order valence-electron chi connectivity index (χ4n) is 4.45. The van der Waals surface area contributed by atoms with Crippen LogP contribution in [0.3, 0.4) is 0 Å². The van der Waals surface area contributed by atoms with Crippen molar-refractivity contribution < 1.29 is 23.8 Å². The van der Waals surface area contributed by atoms with Gasteiger partial charge in [0, 0.05) is 44.1 Å². The minimum absolute atomic E-state index is 0.344. The molecule has 35 heavy (non-hydrogen) atoms. The Morgan fingerprint density at radius 3 is 2.23 bits per heavy atom. The van der Waals surface area contributed by atoms with E-state index in [1.54, 1.807) is 7.11 Å². The van der Waals surface area contributed by atoms with E-state index in [-0.39, 0.29) is 6.03 Å². The lowest BCUT2D eigenvalue weighted by Gasteiger charge is -2.38. The second-order valence-electron chi connectivity index (χ2n) is 8.38. The van der Waals surface area contributed by atoms with Crippen LogP contribution in [0.25, 0.3) is 0 Å². The molecule has 2 heterocycles. The summed E-state index contributed by atoms with van der Waals surface area (Å²) in [5.74, 6) is 1.09. The lowest BCUT2D eigenvalue weighted by Crippen LogP contribution is -2.51. The minimum atomic E-state index is -0.609. The molecule has 2 aliphatic rings. The summed E-state index contributed by atoms with van der Waals surface area (Å²) in [4.78, 5) is 29.9. The Morgan fingerprint density at radius 2 is 1.63 bits per heavy atom. The number of hydrogen-bond donors (Lipinski definition) is 2. The fourth-order valence-corrected chi connectivity index (χ4v) is 4.45. The maximum absolute atomic E-state index is 12.8. The number of methoxy groups -OCH3 is 2. The predicted octanol–water partition coefficient (Wildman–Crippen LogP) is 2.70. The maximum Gasteiger partial charge on any atom is 0.338 e. The number of benzene rings is 2. The van der Waals surface area contributed by atoms with Crippen LogP contribution in [-0.2, 0) is 9.53 Å². The van der Waals surface area contributed by atoms with Gasteiger partial charge in [0.15, 0.2) is 0 Å². The number of nitrogens with one attached hydrogen (secondary N) is 2. The van der Waals surface area contributed by atoms with Gasteiger partial charge in [0.05, 0.1) is 32.4 Å². The quantitative estimate of drug-likeness (QED) is 0.562. The summed E-state index contributed by atoms with van der Waals surface area (Å²) >= 11 is 0. The summed E-state index contributed by atoms with van der Waals surface area (Å²) < 4.78 is 15.9. The molecule has 1 saturated heterocycles. The third-order valence-electron chi connectivity index (χ3n) is 6.27. The average Bonchev–Trinajstić information content (AvgIpc) is 2.89. The number of ether oxygens (including phenoxy) is 3. The van der Waals surface area contributed by atoms with Gasteiger partial charge in [-0.05, 0) is 48.9 Å². The van der Waals surface area contributed by atoms with Gasteiger partial charge < -0.3 is 29.7 Å². The number of amides is 2. The van der Waals surface area contributed by atoms with Crippen LogP contribution >= 0.6 is 0 Å². The Hall–Kier alpha value is -3.72. The van der Waals surface area contributed by atoms with Crippen LogP contribution in [0.5, 0.6) is 11.5 Å². The van der Waals surface area contributed by atoms with Crippen LogP contribution in [-0.4, -0.2) is 70.5 Å². The molecule has 0 radical (unpaired) electrons. The summed E-state index contributed by atoms with van der Waals surface area (Å²) in [5, 5.41) is 5.72. The molecule has 2 N–H and O–H groups in total. The van der Waals surface area contributed by atoms with Crippen LogP contribution in [0.2, 0.25) is 0 Å². The predicted molar refractivity (Wildman–Crippen MR) is 133 cm³/mol. The molecule has 0 aliphatic carbocycles. The van der Waals surface area contributed by atoms with E-state index in [1.807, 2.05) is 43.3 Å². The first-order valence-electron chi connectivity index (χ1n) is 11.7. The number of hydrogen-bond acceptors (Lipinski definition) is 7. The van der Waals surface area contributed by atoms with Crippen molar-refractivity contribution in [2.45, 2.75) is 13.0 Å². The van der Waals surface area contributed by atoms with Crippen molar-refractivity contribution in [3.63, 3.8) is 0 Å². The van der Waals surface area contributed by atoms with Gasteiger partial charge in [0.1, 0.15) is 11.5 Å². The highest BCUT2D eigenvalue weighted by Crippen LogP contribution is 2.29. The van der Waals surface area contributed by atoms with Crippen LogP contribution in [0.15, 0.2) is 59.8 Å². The number of carbonyl (C=O) groups excluding carboxylic acids is 2. The van der Waals surface area contributed by atoms with Gasteiger partial charge in [-0.1, -0.05) is 12.1 Å². The third-order valence-corrected chi connectivity index (χ3v) is 6.27. The summed E-state index contributed by atoms with van der Waals surface area (Å²) in [6.07, 6.45) is 0. The monoisotopic (exact) mass is 480 g/mol. The first kappa shape index (κ1) is 24.4. The maximum atomic E-state index is 12.8. The molecule has 9 heteroatoms. The van der Waals surface area contributed by atoms with E-state index in [0.29, 0.717) is 24.4 Å². The third kappa shape index (κ3) is 5.68. The Labute approximate surface area is 205 Å². The van der Waals surface area contributed by atoms with Crippen LogP contribution in [0.4, 0.5) is 10.5 Å². The topological polar surface area (TPSA) is 92.4 Å². The lowest BCUT2D eigenvalue weighted by molar-refractivity contribution is -0.136. The first-order valence-corrected chi connectivity index (χ1v) is 11.7. The molecule has 186 valence electrons. The van der Waals surface area contributed by atoms with Crippen molar-refractivity contribution in [3.8, 4) is 11.5 Å². The van der Waals surface area contributed by atoms with Crippen molar-refractivity contribution in [2.24, 2.45) is 0 Å². The number of anilines is 1. The van der Waals surface area contributed by atoms with E-state index in [9.17, 15) is 9.59 Å². The minimum Gasteiger partial charge on any atom is -0.497 e. The van der Waals surface area contributed by atoms with Gasteiger partial charge in [-0.3, -0.25) is 4.90 Å². The molecule has 0 spiro atoms. The molecular weight excluding hydrogens is 448 g/mol. The number of urea groups is 1. The van der Waals surface area contributed by atoms with Crippen LogP contribution in [0, 0.1) is 0 Å². The molecule has 1 atom stereocenters. The van der Waals surface area contributed by atoms with Gasteiger partial charge in [0.25, 0.3) is 0 Å². The second-order valence-corrected chi connectivity index (χ2v) is 8.38. The number of rotatable bonds is 8. The Kier molecular flexibility index (Phi) is 7.77. The Morgan fingerprint density at radius 1 is 0.971 bits per heavy atom. The number of carbonyl (C=O) groups is 2. The number of nitrogens with zero attached hydrogens (tertiary/aromatic N) is 2. The molecule has 0 bridgehead atoms. The van der Waals surface area contributed by atoms with Gasteiger partial charge in [-0.25, -0.2) is 9.59 Å². The highest BCUT2D eigenvalue weighted by molar-refractivity contribution is 5.95. The smallest absolute Gasteiger partial charge is 0.338 e. The zero-order valence-electron chi connectivity index (χ0n) is 20.4. The highest BCUT2D eigenvalue weighted by Gasteiger charge is 2.34. The van der Waals surface area contributed by atoms with Crippen molar-refractivity contribution in [1.82, 2.24) is 15.5 Å². The van der Waals surface area contributed by atoms with Gasteiger partial charge in [0.2, 0.25) is 0 Å². The van der Waals surface area contributed by atoms with E-state index in [0.717, 1.165) is 48.9 Å². The van der Waals surface area contributed by atoms with E-state index < -0.39 is 12.0 Å². The average molecular weight is 481 g/mol. The van der Waals surface area contributed by atoms with E-state index >= 15 is 0 Å². The second kappa shape index (κ2) is 11.1. The van der Waals surface area contributed by atoms with Gasteiger partial charge >= 0.3 is 12.0 Å². The standard InChI is InChI=1S/C26H32N4O5/c1-4-35-21-9-5-18(6-10-21)24-23(25(31)34-3)22(27-26(32)28-24)17-29-13-15-30(16-14-29)19-7-11-20(33-2)12-8-19/h5-12,24H,4,13-17H2,1-3H3,(H2,27,28,32)/t24-/m1/s1. The molecule has 2 aromatic rings. The fraction of sp³-hybridized carbons (Fsp3) is 0.385. The zero-order valence-corrected chi connectivity index (χ0v) is 20.4. The van der Waals surface area contributed by atoms with Crippen molar-refractivity contribution in [3.05, 3.63) is 65.4 Å². The van der Waals surface area contributed by atoms with Gasteiger partial charge in [-0.2, -0.15) is 0 Å². The SMILES string of the molecule is CCOc1ccc([C@H]2NC(=O)NC(CN3CCN(c4ccc(OC)cc4)CC3)=C2C(=O)OC)cc1. The summed E-state index contributed by atoms with van der Waals surface area (Å²) in [6.45, 7) is 6.18. The highest BCUT2D eigenvalue weighted by atomic mass is 16.5. The molecule has 9 nitrogen and oxygen atoms in total. The largest absolute Gasteiger partial charge is 0.497 e. The Balaban J connectivity index is 1.50. The number of piperazine rings is 1. The van der Waals surface area contributed by atoms with Crippen LogP contribution < -0.4 is 25.0 Å². The molecule has 0 saturated carbocycles. The van der Waals surface area contributed by atoms with Crippen LogP contribution in [0.1, 0.15) is 18.5 Å². The van der Waals surface area contributed by atoms with Crippen molar-refractivity contribution >= 4 is 17.7 Å². The Bertz CT molecular complexity index is 1060. The molecule has 0 aromatic heterocycles. The van der Waals surface area contributed by atoms with E-state index in [2.05, 4.69) is 32.6 Å². The summed E-state index contributed by atoms with van der Waals surface area (Å²) in [6, 6.07) is 14.5. The molecular formula is C26H32N4O5. The van der Waals surface area contributed by atoms with Crippen molar-refractivity contribution in [2.75, 3.05) is 58.5 Å². The molecule has 1 fully saturated rings. The molecule has 2 aliphatic heterocycles. The van der Waals surface area contributed by atoms with E-state index in [1.165, 1.54) is 7.11 Å². The molecule has 2 amide bonds. The number of esters is 1. The zero-order chi connectivity index (χ0) is 24.8. The summed E-state index contributed by atoms with van der Waals surface area (Å²) in [5.41, 5.74) is 2.91. The normalized spacial score (nSPS) is 18.5. The lowest BCUT2D eigenvalue weighted by atomic mass is 9.95. The van der Waals surface area contributed by atoms with Crippen molar-refractivity contribution in [1.29, 1.82) is 0 Å². The summed E-state index contributed by atoms with van der Waals surface area (Å²) in [7, 11) is 3.01. The van der Waals surface area contributed by atoms with E-state index in [4.69, 9.17) is 14.2 Å².